The minimum Gasteiger partial charge on any atom is -0.292 e. The van der Waals surface area contributed by atoms with Crippen molar-refractivity contribution in [2.45, 2.75) is 0 Å². The van der Waals surface area contributed by atoms with Crippen molar-refractivity contribution in [3.8, 4) is 28.2 Å². The molecule has 3 heterocycles. The van der Waals surface area contributed by atoms with Gasteiger partial charge in [0, 0.05) is 36.5 Å². The molecule has 3 nitrogen and oxygen atoms in total. The highest BCUT2D eigenvalue weighted by molar-refractivity contribution is 7.26. The molecule has 3 aromatic heterocycles. The van der Waals surface area contributed by atoms with Crippen LogP contribution in [0.3, 0.4) is 0 Å². The topological polar surface area (TPSA) is 30.7 Å². The van der Waals surface area contributed by atoms with Gasteiger partial charge in [0.15, 0.2) is 5.82 Å². The van der Waals surface area contributed by atoms with Gasteiger partial charge in [-0.15, -0.1) is 11.3 Å². The molecule has 184 valence electrons. The fraction of sp³-hybridized carbons (Fsp3) is 0. The van der Waals surface area contributed by atoms with Crippen molar-refractivity contribution < 1.29 is 0 Å². The SMILES string of the molecule is c1ccc(-c2nc3ccccc3nc2-n2c3ccc4cccc5c4c3c3c4c(ccc32)sc2cccc-5c24)cc1. The van der Waals surface area contributed by atoms with E-state index in [0.717, 1.165) is 33.6 Å². The highest BCUT2D eigenvalue weighted by Crippen LogP contribution is 2.52. The fourth-order valence-electron chi connectivity index (χ4n) is 6.89. The molecule has 40 heavy (non-hydrogen) atoms. The smallest absolute Gasteiger partial charge is 0.165 e. The molecule has 4 heteroatoms. The number of hydrogen-bond donors (Lipinski definition) is 0. The minimum atomic E-state index is 0.862. The predicted molar refractivity (Wildman–Crippen MR) is 169 cm³/mol. The third kappa shape index (κ3) is 2.50. The lowest BCUT2D eigenvalue weighted by molar-refractivity contribution is 1.08. The molecule has 0 N–H and O–H groups in total. The van der Waals surface area contributed by atoms with E-state index >= 15 is 0 Å². The second-order valence-electron chi connectivity index (χ2n) is 10.6. The van der Waals surface area contributed by atoms with Gasteiger partial charge in [0.1, 0.15) is 5.69 Å². The van der Waals surface area contributed by atoms with E-state index in [1.54, 1.807) is 0 Å². The fourth-order valence-corrected chi connectivity index (χ4v) is 8.03. The molecule has 0 bridgehead atoms. The van der Waals surface area contributed by atoms with Crippen LogP contribution in [0.2, 0.25) is 0 Å². The maximum absolute atomic E-state index is 5.32. The standard InChI is InChI=1S/C36H19N3S/c1-2-8-21(9-3-1)35-36(38-25-14-5-4-13-24(25)37-35)39-26-17-16-20-10-6-11-22-23-12-7-15-28-31(23)34-29(40-28)19-18-27(39)33(34)32(26)30(20)22/h1-19H. The van der Waals surface area contributed by atoms with Crippen LogP contribution in [0.25, 0.3) is 92.0 Å². The predicted octanol–water partition coefficient (Wildman–Crippen LogP) is 9.90. The molecule has 0 fully saturated rings. The molecular formula is C36H19N3S. The van der Waals surface area contributed by atoms with E-state index in [-0.39, 0.29) is 0 Å². The Morgan fingerprint density at radius 1 is 0.475 bits per heavy atom. The minimum absolute atomic E-state index is 0.862. The second kappa shape index (κ2) is 7.32. The summed E-state index contributed by atoms with van der Waals surface area (Å²) in [4.78, 5) is 10.5. The van der Waals surface area contributed by atoms with Gasteiger partial charge in [0.2, 0.25) is 0 Å². The van der Waals surface area contributed by atoms with E-state index in [1.807, 2.05) is 35.6 Å². The summed E-state index contributed by atoms with van der Waals surface area (Å²) in [7, 11) is 0. The van der Waals surface area contributed by atoms with Gasteiger partial charge in [-0.1, -0.05) is 78.9 Å². The first-order chi connectivity index (χ1) is 19.8. The van der Waals surface area contributed by atoms with E-state index < -0.39 is 0 Å². The number of rotatable bonds is 2. The second-order valence-corrected chi connectivity index (χ2v) is 11.6. The number of hydrogen-bond acceptors (Lipinski definition) is 3. The lowest BCUT2D eigenvalue weighted by atomic mass is 9.95. The van der Waals surface area contributed by atoms with Crippen molar-refractivity contribution in [3.63, 3.8) is 0 Å². The van der Waals surface area contributed by atoms with Gasteiger partial charge in [-0.25, -0.2) is 9.97 Å². The Hall–Kier alpha value is -5.06. The zero-order valence-corrected chi connectivity index (χ0v) is 22.0. The number of nitrogens with zero attached hydrogens (tertiary/aromatic N) is 3. The van der Waals surface area contributed by atoms with Gasteiger partial charge >= 0.3 is 0 Å². The van der Waals surface area contributed by atoms with Crippen LogP contribution >= 0.6 is 11.3 Å². The molecule has 0 saturated carbocycles. The highest BCUT2D eigenvalue weighted by Gasteiger charge is 2.27. The van der Waals surface area contributed by atoms with Gasteiger partial charge in [-0.3, -0.25) is 4.57 Å². The summed E-state index contributed by atoms with van der Waals surface area (Å²) < 4.78 is 5.02. The van der Waals surface area contributed by atoms with Gasteiger partial charge in [0.25, 0.3) is 0 Å². The summed E-state index contributed by atoms with van der Waals surface area (Å²) in [6.45, 7) is 0. The molecule has 0 spiro atoms. The van der Waals surface area contributed by atoms with Gasteiger partial charge in [-0.2, -0.15) is 0 Å². The molecule has 0 aliphatic heterocycles. The Morgan fingerprint density at radius 2 is 1.15 bits per heavy atom. The van der Waals surface area contributed by atoms with Crippen LogP contribution in [0.5, 0.6) is 0 Å². The molecule has 0 radical (unpaired) electrons. The Bertz CT molecular complexity index is 2540. The van der Waals surface area contributed by atoms with E-state index in [1.165, 1.54) is 58.4 Å². The number of para-hydroxylation sites is 2. The summed E-state index contributed by atoms with van der Waals surface area (Å²) in [5.74, 6) is 0.862. The Balaban J connectivity index is 1.49. The molecule has 0 saturated heterocycles. The first-order valence-corrected chi connectivity index (χ1v) is 14.3. The van der Waals surface area contributed by atoms with Gasteiger partial charge in [0.05, 0.1) is 22.1 Å². The Morgan fingerprint density at radius 3 is 2.00 bits per heavy atom. The van der Waals surface area contributed by atoms with Crippen molar-refractivity contribution in [2.75, 3.05) is 0 Å². The van der Waals surface area contributed by atoms with Crippen LogP contribution in [-0.4, -0.2) is 14.5 Å². The average molecular weight is 526 g/mol. The van der Waals surface area contributed by atoms with Crippen molar-refractivity contribution in [2.24, 2.45) is 0 Å². The summed E-state index contributed by atoms with van der Waals surface area (Å²) in [5.41, 5.74) is 8.70. The summed E-state index contributed by atoms with van der Waals surface area (Å²) in [6.07, 6.45) is 0. The van der Waals surface area contributed by atoms with Crippen LogP contribution in [0.4, 0.5) is 0 Å². The molecule has 10 rings (SSSR count). The third-order valence-electron chi connectivity index (χ3n) is 8.50. The normalized spacial score (nSPS) is 12.5. The zero-order chi connectivity index (χ0) is 25.9. The van der Waals surface area contributed by atoms with E-state index in [4.69, 9.17) is 9.97 Å². The molecule has 0 amide bonds. The molecule has 6 aromatic carbocycles. The third-order valence-corrected chi connectivity index (χ3v) is 9.62. The average Bonchev–Trinajstić information content (AvgIpc) is 3.52. The van der Waals surface area contributed by atoms with Crippen LogP contribution in [-0.2, 0) is 0 Å². The molecule has 9 aromatic rings. The lowest BCUT2D eigenvalue weighted by Gasteiger charge is -2.14. The van der Waals surface area contributed by atoms with Crippen molar-refractivity contribution in [1.29, 1.82) is 0 Å². The van der Waals surface area contributed by atoms with Crippen LogP contribution in [0.1, 0.15) is 0 Å². The molecule has 1 aliphatic carbocycles. The number of fused-ring (bicyclic) bond motifs is 2. The first-order valence-electron chi connectivity index (χ1n) is 13.5. The molecular weight excluding hydrogens is 506 g/mol. The lowest BCUT2D eigenvalue weighted by Crippen LogP contribution is -2.03. The number of benzene rings is 6. The Labute approximate surface area is 232 Å². The quantitative estimate of drug-likeness (QED) is 0.225. The summed E-state index contributed by atoms with van der Waals surface area (Å²) in [6, 6.07) is 41.2. The summed E-state index contributed by atoms with van der Waals surface area (Å²) in [5, 5.41) is 7.92. The van der Waals surface area contributed by atoms with Gasteiger partial charge in [-0.05, 0) is 58.3 Å². The zero-order valence-electron chi connectivity index (χ0n) is 21.2. The van der Waals surface area contributed by atoms with Gasteiger partial charge < -0.3 is 0 Å². The first kappa shape index (κ1) is 20.8. The molecule has 1 aliphatic rings. The van der Waals surface area contributed by atoms with E-state index in [0.29, 0.717) is 0 Å². The van der Waals surface area contributed by atoms with Crippen molar-refractivity contribution >= 4 is 75.1 Å². The van der Waals surface area contributed by atoms with Crippen molar-refractivity contribution in [1.82, 2.24) is 14.5 Å². The van der Waals surface area contributed by atoms with Crippen LogP contribution in [0, 0.1) is 0 Å². The maximum Gasteiger partial charge on any atom is 0.165 e. The highest BCUT2D eigenvalue weighted by atomic mass is 32.1. The monoisotopic (exact) mass is 525 g/mol. The Kier molecular flexibility index (Phi) is 3.81. The molecule has 0 unspecified atom stereocenters. The number of aromatic nitrogens is 3. The largest absolute Gasteiger partial charge is 0.292 e. The van der Waals surface area contributed by atoms with Crippen molar-refractivity contribution in [3.05, 3.63) is 115 Å². The van der Waals surface area contributed by atoms with E-state index in [9.17, 15) is 0 Å². The summed E-state index contributed by atoms with van der Waals surface area (Å²) >= 11 is 1.89. The molecule has 0 atom stereocenters. The van der Waals surface area contributed by atoms with Crippen LogP contribution in [0.15, 0.2) is 115 Å². The van der Waals surface area contributed by atoms with Crippen LogP contribution < -0.4 is 0 Å². The maximum atomic E-state index is 5.32. The number of thiophene rings is 1. The van der Waals surface area contributed by atoms with E-state index in [2.05, 4.69) is 95.6 Å².